The van der Waals surface area contributed by atoms with Crippen LogP contribution in [0.4, 0.5) is 17.1 Å². The van der Waals surface area contributed by atoms with Crippen molar-refractivity contribution in [2.24, 2.45) is 5.92 Å². The van der Waals surface area contributed by atoms with Crippen molar-refractivity contribution >= 4 is 61.8 Å². The van der Waals surface area contributed by atoms with E-state index in [1.54, 1.807) is 29.8 Å². The molecule has 1 aromatic carbocycles. The van der Waals surface area contributed by atoms with Gasteiger partial charge in [0.05, 0.1) is 28.2 Å². The summed E-state index contributed by atoms with van der Waals surface area (Å²) in [5, 5.41) is 7.69. The standard InChI is InChI=1S/C21H19ClN4O4S2/c1-32(29,30)26-16-9-14(22)8-15(10-16)24-21(28)18-7-13(11-31-18)19-17(3-2-6-23-19)25-20(27)12-4-5-12/h2-3,6-12,26H,4-5H2,1H3,(H,24,28)(H,25,27). The van der Waals surface area contributed by atoms with Crippen molar-refractivity contribution < 1.29 is 18.0 Å². The number of carbonyl (C=O) groups is 2. The van der Waals surface area contributed by atoms with E-state index in [-0.39, 0.29) is 28.4 Å². The molecule has 3 N–H and O–H groups in total. The van der Waals surface area contributed by atoms with E-state index >= 15 is 0 Å². The molecule has 0 saturated heterocycles. The second kappa shape index (κ2) is 8.89. The smallest absolute Gasteiger partial charge is 0.265 e. The summed E-state index contributed by atoms with van der Waals surface area (Å²) < 4.78 is 25.3. The highest BCUT2D eigenvalue weighted by atomic mass is 35.5. The lowest BCUT2D eigenvalue weighted by molar-refractivity contribution is -0.117. The average Bonchev–Trinajstić information content (AvgIpc) is 3.43. The largest absolute Gasteiger partial charge is 0.324 e. The Bertz CT molecular complexity index is 1300. The molecule has 8 nitrogen and oxygen atoms in total. The molecular weight excluding hydrogens is 472 g/mol. The Morgan fingerprint density at radius 1 is 1.12 bits per heavy atom. The zero-order valence-electron chi connectivity index (χ0n) is 16.9. The number of anilines is 3. The molecule has 4 rings (SSSR count). The third kappa shape index (κ3) is 5.64. The Morgan fingerprint density at radius 3 is 2.59 bits per heavy atom. The minimum absolute atomic E-state index is 0.0214. The van der Waals surface area contributed by atoms with Gasteiger partial charge in [-0.2, -0.15) is 0 Å². The predicted molar refractivity (Wildman–Crippen MR) is 127 cm³/mol. The van der Waals surface area contributed by atoms with Gasteiger partial charge in [0.25, 0.3) is 5.91 Å². The number of nitrogens with one attached hydrogen (secondary N) is 3. The van der Waals surface area contributed by atoms with Gasteiger partial charge in [0.1, 0.15) is 0 Å². The number of benzene rings is 1. The van der Waals surface area contributed by atoms with Crippen LogP contribution in [0, 0.1) is 5.92 Å². The molecule has 32 heavy (non-hydrogen) atoms. The molecule has 0 unspecified atom stereocenters. The summed E-state index contributed by atoms with van der Waals surface area (Å²) in [4.78, 5) is 29.7. The van der Waals surface area contributed by atoms with Crippen molar-refractivity contribution in [2.75, 3.05) is 21.6 Å². The number of amides is 2. The fourth-order valence-electron chi connectivity index (χ4n) is 3.02. The van der Waals surface area contributed by atoms with E-state index in [0.717, 1.165) is 19.1 Å². The summed E-state index contributed by atoms with van der Waals surface area (Å²) in [6, 6.07) is 9.65. The highest BCUT2D eigenvalue weighted by Gasteiger charge is 2.30. The summed E-state index contributed by atoms with van der Waals surface area (Å²) in [7, 11) is -3.49. The highest BCUT2D eigenvalue weighted by molar-refractivity contribution is 7.92. The maximum atomic E-state index is 12.8. The molecule has 0 radical (unpaired) electrons. The average molecular weight is 491 g/mol. The summed E-state index contributed by atoms with van der Waals surface area (Å²) in [5.41, 5.74) is 2.47. The third-order valence-electron chi connectivity index (χ3n) is 4.57. The highest BCUT2D eigenvalue weighted by Crippen LogP contribution is 2.34. The zero-order chi connectivity index (χ0) is 22.9. The van der Waals surface area contributed by atoms with Gasteiger partial charge in [0.15, 0.2) is 0 Å². The van der Waals surface area contributed by atoms with E-state index in [1.165, 1.54) is 29.5 Å². The fourth-order valence-corrected chi connectivity index (χ4v) is 4.59. The van der Waals surface area contributed by atoms with Crippen molar-refractivity contribution in [3.63, 3.8) is 0 Å². The maximum absolute atomic E-state index is 12.8. The maximum Gasteiger partial charge on any atom is 0.265 e. The molecule has 0 atom stereocenters. The molecule has 0 aliphatic heterocycles. The van der Waals surface area contributed by atoms with Gasteiger partial charge in [-0.15, -0.1) is 11.3 Å². The third-order valence-corrected chi connectivity index (χ3v) is 6.32. The fraction of sp³-hybridized carbons (Fsp3) is 0.190. The molecule has 1 aliphatic carbocycles. The molecule has 2 heterocycles. The van der Waals surface area contributed by atoms with Crippen LogP contribution in [0.5, 0.6) is 0 Å². The van der Waals surface area contributed by atoms with E-state index in [0.29, 0.717) is 27.5 Å². The lowest BCUT2D eigenvalue weighted by atomic mass is 10.1. The first-order chi connectivity index (χ1) is 15.2. The second-order valence-electron chi connectivity index (χ2n) is 7.42. The Labute approximate surface area is 194 Å². The van der Waals surface area contributed by atoms with Crippen LogP contribution in [0.15, 0.2) is 48.0 Å². The minimum atomic E-state index is -3.49. The lowest BCUT2D eigenvalue weighted by Gasteiger charge is -2.09. The Morgan fingerprint density at radius 2 is 1.88 bits per heavy atom. The van der Waals surface area contributed by atoms with E-state index in [1.807, 2.05) is 0 Å². The van der Waals surface area contributed by atoms with Gasteiger partial charge in [-0.05, 0) is 49.2 Å². The van der Waals surface area contributed by atoms with Gasteiger partial charge in [0.2, 0.25) is 15.9 Å². The van der Waals surface area contributed by atoms with Gasteiger partial charge in [-0.25, -0.2) is 8.42 Å². The van der Waals surface area contributed by atoms with Gasteiger partial charge in [-0.3, -0.25) is 19.3 Å². The molecule has 2 amide bonds. The van der Waals surface area contributed by atoms with Gasteiger partial charge >= 0.3 is 0 Å². The van der Waals surface area contributed by atoms with Crippen LogP contribution in [0.25, 0.3) is 11.3 Å². The number of carbonyl (C=O) groups excluding carboxylic acids is 2. The molecule has 166 valence electrons. The second-order valence-corrected chi connectivity index (χ2v) is 10.5. The summed E-state index contributed by atoms with van der Waals surface area (Å²) in [6.07, 6.45) is 4.45. The number of hydrogen-bond acceptors (Lipinski definition) is 6. The molecule has 11 heteroatoms. The quantitative estimate of drug-likeness (QED) is 0.452. The summed E-state index contributed by atoms with van der Waals surface area (Å²) in [5.74, 6) is -0.341. The molecule has 3 aromatic rings. The number of rotatable bonds is 7. The summed E-state index contributed by atoms with van der Waals surface area (Å²) >= 11 is 7.28. The SMILES string of the molecule is CS(=O)(=O)Nc1cc(Cl)cc(NC(=O)c2cc(-c3ncccc3NC(=O)C3CC3)cs2)c1. The van der Waals surface area contributed by atoms with E-state index < -0.39 is 10.0 Å². The topological polar surface area (TPSA) is 117 Å². The van der Waals surface area contributed by atoms with E-state index in [2.05, 4.69) is 20.3 Å². The Balaban J connectivity index is 1.52. The van der Waals surface area contributed by atoms with Crippen LogP contribution in [-0.2, 0) is 14.8 Å². The van der Waals surface area contributed by atoms with Gasteiger partial charge in [-0.1, -0.05) is 11.6 Å². The Hall–Kier alpha value is -2.95. The lowest BCUT2D eigenvalue weighted by Crippen LogP contribution is -2.14. The van der Waals surface area contributed by atoms with Crippen LogP contribution >= 0.6 is 22.9 Å². The van der Waals surface area contributed by atoms with E-state index in [4.69, 9.17) is 11.6 Å². The molecule has 2 aromatic heterocycles. The number of hydrogen-bond donors (Lipinski definition) is 3. The van der Waals surface area contributed by atoms with E-state index in [9.17, 15) is 18.0 Å². The van der Waals surface area contributed by atoms with Crippen LogP contribution in [0.3, 0.4) is 0 Å². The number of nitrogens with zero attached hydrogens (tertiary/aromatic N) is 1. The van der Waals surface area contributed by atoms with Crippen LogP contribution < -0.4 is 15.4 Å². The number of sulfonamides is 1. The van der Waals surface area contributed by atoms with Crippen molar-refractivity contribution in [1.82, 2.24) is 4.98 Å². The van der Waals surface area contributed by atoms with Crippen molar-refractivity contribution in [2.45, 2.75) is 12.8 Å². The number of halogens is 1. The van der Waals surface area contributed by atoms with Crippen LogP contribution in [0.2, 0.25) is 5.02 Å². The van der Waals surface area contributed by atoms with Crippen molar-refractivity contribution in [1.29, 1.82) is 0 Å². The first kappa shape index (κ1) is 22.3. The van der Waals surface area contributed by atoms with Gasteiger partial charge in [0, 0.05) is 33.8 Å². The number of thiophene rings is 1. The summed E-state index contributed by atoms with van der Waals surface area (Å²) in [6.45, 7) is 0. The normalized spacial score (nSPS) is 13.4. The van der Waals surface area contributed by atoms with Crippen molar-refractivity contribution in [3.8, 4) is 11.3 Å². The van der Waals surface area contributed by atoms with Crippen LogP contribution in [-0.4, -0.2) is 31.5 Å². The molecular formula is C21H19ClN4O4S2. The molecule has 0 bridgehead atoms. The van der Waals surface area contributed by atoms with Gasteiger partial charge < -0.3 is 10.6 Å². The molecule has 1 saturated carbocycles. The van der Waals surface area contributed by atoms with Crippen LogP contribution in [0.1, 0.15) is 22.5 Å². The predicted octanol–water partition coefficient (Wildman–Crippen LogP) is 4.44. The molecule has 1 fully saturated rings. The van der Waals surface area contributed by atoms with Crippen molar-refractivity contribution in [3.05, 3.63) is 57.9 Å². The number of pyridine rings is 1. The Kier molecular flexibility index (Phi) is 6.18. The monoisotopic (exact) mass is 490 g/mol. The first-order valence-corrected chi connectivity index (χ1v) is 12.8. The first-order valence-electron chi connectivity index (χ1n) is 9.62. The molecule has 1 aliphatic rings. The number of aromatic nitrogens is 1. The zero-order valence-corrected chi connectivity index (χ0v) is 19.3. The minimum Gasteiger partial charge on any atom is -0.324 e. The molecule has 0 spiro atoms.